The zero-order valence-corrected chi connectivity index (χ0v) is 16.3. The van der Waals surface area contributed by atoms with Gasteiger partial charge in [0, 0.05) is 11.9 Å². The summed E-state index contributed by atoms with van der Waals surface area (Å²) < 4.78 is 41.4. The number of carbonyl (C=O) groups excluding carboxylic acids is 1. The minimum Gasteiger partial charge on any atom is -0.225 e. The molecule has 0 fully saturated rings. The van der Waals surface area contributed by atoms with Crippen LogP contribution in [0.1, 0.15) is 39.6 Å². The number of hydrogen-bond donors (Lipinski definition) is 0. The summed E-state index contributed by atoms with van der Waals surface area (Å²) in [5.74, 6) is -0.512. The van der Waals surface area contributed by atoms with Gasteiger partial charge in [0.1, 0.15) is 24.0 Å². The maximum atomic E-state index is 13.0. The third kappa shape index (κ3) is 4.18. The van der Waals surface area contributed by atoms with Crippen molar-refractivity contribution in [3.63, 3.8) is 0 Å². The molecule has 0 unspecified atom stereocenters. The highest BCUT2D eigenvalue weighted by molar-refractivity contribution is 7.14. The van der Waals surface area contributed by atoms with E-state index in [4.69, 9.17) is 16.9 Å². The van der Waals surface area contributed by atoms with Crippen molar-refractivity contribution >= 4 is 35.6 Å². The van der Waals surface area contributed by atoms with Gasteiger partial charge in [-0.1, -0.05) is 22.9 Å². The van der Waals surface area contributed by atoms with Gasteiger partial charge in [0.25, 0.3) is 0 Å². The van der Waals surface area contributed by atoms with Gasteiger partial charge in [-0.25, -0.2) is 14.8 Å². The molecule has 3 rings (SSSR count). The molecule has 0 spiro atoms. The molecule has 7 nitrogen and oxygen atoms in total. The predicted octanol–water partition coefficient (Wildman–Crippen LogP) is 3.88. The molecule has 2 heterocycles. The van der Waals surface area contributed by atoms with Crippen LogP contribution in [0.5, 0.6) is 0 Å². The molecule has 0 aliphatic rings. The fourth-order valence-electron chi connectivity index (χ4n) is 2.46. The highest BCUT2D eigenvalue weighted by Crippen LogP contribution is 2.32. The first-order chi connectivity index (χ1) is 13.6. The minimum atomic E-state index is -4.65. The molecule has 0 N–H and O–H groups in total. The first-order valence-electron chi connectivity index (χ1n) is 7.90. The van der Waals surface area contributed by atoms with E-state index in [9.17, 15) is 18.0 Å². The standard InChI is InChI=1S/C17H11ClF3N6OS/c1-9(14-24-8-25-27(14)16-23-7-13(6-22)29-16)26(2)15(28)10-3-11(17(19,20)21)5-12(18)4-10/h3-5,7-9H,2H2,1H3/q+1/t9-/m0/s1. The lowest BCUT2D eigenvalue weighted by Gasteiger charge is -2.11. The van der Waals surface area contributed by atoms with Crippen molar-refractivity contribution in [1.29, 1.82) is 5.26 Å². The van der Waals surface area contributed by atoms with Crippen LogP contribution in [0.25, 0.3) is 5.13 Å². The van der Waals surface area contributed by atoms with E-state index >= 15 is 0 Å². The molecule has 2 aromatic heterocycles. The number of rotatable bonds is 4. The topological polar surface area (TPSA) is 87.5 Å². The number of carbonyl (C=O) groups is 1. The van der Waals surface area contributed by atoms with E-state index in [0.29, 0.717) is 16.1 Å². The van der Waals surface area contributed by atoms with Crippen molar-refractivity contribution < 1.29 is 22.5 Å². The Morgan fingerprint density at radius 1 is 1.38 bits per heavy atom. The largest absolute Gasteiger partial charge is 0.419 e. The SMILES string of the molecule is C=[N+](C(=O)c1cc(Cl)cc(C(F)(F)F)c1)[C@@H](C)c1ncnn1-c1ncc(C#N)s1. The molecule has 0 saturated heterocycles. The summed E-state index contributed by atoms with van der Waals surface area (Å²) >= 11 is 6.82. The third-order valence-corrected chi connectivity index (χ3v) is 5.03. The van der Waals surface area contributed by atoms with Gasteiger partial charge in [-0.15, -0.1) is 0 Å². The predicted molar refractivity (Wildman–Crippen MR) is 98.3 cm³/mol. The van der Waals surface area contributed by atoms with E-state index in [1.807, 2.05) is 6.07 Å². The maximum Gasteiger partial charge on any atom is 0.419 e. The van der Waals surface area contributed by atoms with E-state index in [1.54, 1.807) is 6.92 Å². The van der Waals surface area contributed by atoms with Crippen molar-refractivity contribution in [2.24, 2.45) is 0 Å². The molecule has 0 aliphatic carbocycles. The van der Waals surface area contributed by atoms with Crippen molar-refractivity contribution in [3.8, 4) is 11.2 Å². The summed E-state index contributed by atoms with van der Waals surface area (Å²) in [5, 5.41) is 13.1. The Balaban J connectivity index is 1.92. The van der Waals surface area contributed by atoms with E-state index < -0.39 is 23.7 Å². The molecule has 1 amide bonds. The molecule has 3 aromatic rings. The number of nitrogens with zero attached hydrogens (tertiary/aromatic N) is 6. The van der Waals surface area contributed by atoms with Gasteiger partial charge in [-0.05, 0) is 18.2 Å². The summed E-state index contributed by atoms with van der Waals surface area (Å²) in [6, 6.07) is 3.77. The van der Waals surface area contributed by atoms with Crippen LogP contribution >= 0.6 is 22.9 Å². The smallest absolute Gasteiger partial charge is 0.225 e. The van der Waals surface area contributed by atoms with Crippen LogP contribution in [0.2, 0.25) is 5.02 Å². The monoisotopic (exact) mass is 439 g/mol. The minimum absolute atomic E-state index is 0.223. The number of halogens is 4. The normalized spacial score (nSPS) is 12.4. The molecule has 0 saturated carbocycles. The van der Waals surface area contributed by atoms with Crippen LogP contribution in [0.4, 0.5) is 13.2 Å². The average Bonchev–Trinajstić information content (AvgIpc) is 3.33. The van der Waals surface area contributed by atoms with E-state index in [1.165, 1.54) is 17.2 Å². The molecule has 29 heavy (non-hydrogen) atoms. The third-order valence-electron chi connectivity index (χ3n) is 3.93. The maximum absolute atomic E-state index is 13.0. The van der Waals surface area contributed by atoms with Crippen molar-refractivity contribution in [3.05, 3.63) is 57.6 Å². The second kappa shape index (κ2) is 7.73. The number of nitriles is 1. The van der Waals surface area contributed by atoms with E-state index in [-0.39, 0.29) is 16.4 Å². The van der Waals surface area contributed by atoms with Gasteiger partial charge in [-0.3, -0.25) is 0 Å². The average molecular weight is 440 g/mol. The lowest BCUT2D eigenvalue weighted by molar-refractivity contribution is -0.467. The zero-order valence-electron chi connectivity index (χ0n) is 14.7. The van der Waals surface area contributed by atoms with Crippen molar-refractivity contribution in [2.75, 3.05) is 0 Å². The van der Waals surface area contributed by atoms with Crippen LogP contribution in [-0.2, 0) is 6.18 Å². The Bertz CT molecular complexity index is 1150. The van der Waals surface area contributed by atoms with Crippen LogP contribution in [0, 0.1) is 11.3 Å². The summed E-state index contributed by atoms with van der Waals surface area (Å²) in [7, 11) is 0. The van der Waals surface area contributed by atoms with Crippen LogP contribution in [-0.4, -0.2) is 36.9 Å². The van der Waals surface area contributed by atoms with Gasteiger partial charge in [0.05, 0.1) is 17.3 Å². The number of hydrogen-bond acceptors (Lipinski definition) is 6. The molecule has 1 atom stereocenters. The molecule has 148 valence electrons. The van der Waals surface area contributed by atoms with Gasteiger partial charge < -0.3 is 0 Å². The van der Waals surface area contributed by atoms with Crippen molar-refractivity contribution in [2.45, 2.75) is 19.1 Å². The Morgan fingerprint density at radius 2 is 2.10 bits per heavy atom. The first kappa shape index (κ1) is 20.6. The summed E-state index contributed by atoms with van der Waals surface area (Å²) in [6.07, 6.45) is -2.05. The second-order valence-electron chi connectivity index (χ2n) is 5.83. The molecule has 12 heteroatoms. The van der Waals surface area contributed by atoms with Gasteiger partial charge in [-0.2, -0.15) is 32.8 Å². The zero-order chi connectivity index (χ0) is 21.3. The van der Waals surface area contributed by atoms with E-state index in [0.717, 1.165) is 28.0 Å². The lowest BCUT2D eigenvalue weighted by Crippen LogP contribution is -2.25. The van der Waals surface area contributed by atoms with Gasteiger partial charge >= 0.3 is 12.1 Å². The lowest BCUT2D eigenvalue weighted by atomic mass is 10.1. The van der Waals surface area contributed by atoms with Gasteiger partial charge in [0.2, 0.25) is 17.0 Å². The Kier molecular flexibility index (Phi) is 5.50. The summed E-state index contributed by atoms with van der Waals surface area (Å²) in [4.78, 5) is 21.3. The number of alkyl halides is 3. The fraction of sp³-hybridized carbons (Fsp3) is 0.176. The quantitative estimate of drug-likeness (QED) is 0.454. The molecular formula is C17H11ClF3N6OS+. The second-order valence-corrected chi connectivity index (χ2v) is 7.27. The Hall–Kier alpha value is -3.10. The van der Waals surface area contributed by atoms with Crippen LogP contribution in [0.3, 0.4) is 0 Å². The molecule has 1 aromatic carbocycles. The Labute approximate surface area is 171 Å². The number of benzene rings is 1. The highest BCUT2D eigenvalue weighted by atomic mass is 35.5. The highest BCUT2D eigenvalue weighted by Gasteiger charge is 2.35. The van der Waals surface area contributed by atoms with Crippen LogP contribution < -0.4 is 0 Å². The van der Waals surface area contributed by atoms with E-state index in [2.05, 4.69) is 21.8 Å². The first-order valence-corrected chi connectivity index (χ1v) is 9.09. The molecule has 0 aliphatic heterocycles. The molecule has 0 bridgehead atoms. The molecular weight excluding hydrogens is 429 g/mol. The molecule has 0 radical (unpaired) electrons. The van der Waals surface area contributed by atoms with Crippen molar-refractivity contribution in [1.82, 2.24) is 19.7 Å². The number of amides is 1. The number of thiazole rings is 1. The van der Waals surface area contributed by atoms with Crippen LogP contribution in [0.15, 0.2) is 30.7 Å². The summed E-state index contributed by atoms with van der Waals surface area (Å²) in [6.45, 7) is 5.24. The fourth-order valence-corrected chi connectivity index (χ4v) is 3.37. The number of aromatic nitrogens is 4. The van der Waals surface area contributed by atoms with Gasteiger partial charge in [0.15, 0.2) is 0 Å². The Morgan fingerprint density at radius 3 is 2.72 bits per heavy atom. The summed E-state index contributed by atoms with van der Waals surface area (Å²) in [5.41, 5.74) is -1.30.